The van der Waals surface area contributed by atoms with Crippen molar-refractivity contribution < 1.29 is 5.11 Å². The average Bonchev–Trinajstić information content (AvgIpc) is 2.46. The van der Waals surface area contributed by atoms with Crippen LogP contribution in [-0.2, 0) is 13.2 Å². The molecule has 4 fully saturated rings. The Hall–Kier alpha value is -0.380. The summed E-state index contributed by atoms with van der Waals surface area (Å²) >= 11 is 3.63. The molecule has 0 spiro atoms. The van der Waals surface area contributed by atoms with Crippen LogP contribution in [0.1, 0.15) is 55.2 Å². The summed E-state index contributed by atoms with van der Waals surface area (Å²) in [6.45, 7) is 3.10. The van der Waals surface area contributed by atoms with E-state index in [9.17, 15) is 5.11 Å². The predicted octanol–water partition coefficient (Wildman–Crippen LogP) is 4.31. The van der Waals surface area contributed by atoms with Crippen LogP contribution < -0.4 is 5.32 Å². The largest absolute Gasteiger partial charge is 0.392 e. The summed E-state index contributed by atoms with van der Waals surface area (Å²) in [7, 11) is 0. The topological polar surface area (TPSA) is 32.3 Å². The summed E-state index contributed by atoms with van der Waals surface area (Å²) in [6.07, 6.45) is 8.58. The summed E-state index contributed by atoms with van der Waals surface area (Å²) in [5, 5.41) is 13.6. The van der Waals surface area contributed by atoms with Gasteiger partial charge in [0.25, 0.3) is 0 Å². The highest BCUT2D eigenvalue weighted by molar-refractivity contribution is 9.10. The second-order valence-corrected chi connectivity index (χ2v) is 8.93. The van der Waals surface area contributed by atoms with Gasteiger partial charge in [0, 0.05) is 16.6 Å². The van der Waals surface area contributed by atoms with E-state index in [0.717, 1.165) is 34.3 Å². The third-order valence-electron chi connectivity index (χ3n) is 6.34. The molecule has 0 radical (unpaired) electrons. The van der Waals surface area contributed by atoms with Gasteiger partial charge in [-0.25, -0.2) is 0 Å². The smallest absolute Gasteiger partial charge is 0.0685 e. The lowest BCUT2D eigenvalue weighted by atomic mass is 9.53. The third-order valence-corrected chi connectivity index (χ3v) is 7.20. The van der Waals surface area contributed by atoms with Gasteiger partial charge in [0.05, 0.1) is 6.61 Å². The fraction of sp³-hybridized carbons (Fsp3) is 0.684. The molecule has 4 saturated carbocycles. The van der Waals surface area contributed by atoms with E-state index in [0.29, 0.717) is 5.54 Å². The normalized spacial score (nSPS) is 36.0. The molecule has 0 saturated heterocycles. The third kappa shape index (κ3) is 2.65. The summed E-state index contributed by atoms with van der Waals surface area (Å²) in [4.78, 5) is 0. The van der Waals surface area contributed by atoms with Crippen molar-refractivity contribution in [1.29, 1.82) is 0 Å². The molecule has 22 heavy (non-hydrogen) atoms. The fourth-order valence-corrected chi connectivity index (χ4v) is 6.09. The first-order valence-electron chi connectivity index (χ1n) is 8.71. The van der Waals surface area contributed by atoms with E-state index >= 15 is 0 Å². The number of aliphatic hydroxyl groups is 1. The van der Waals surface area contributed by atoms with Gasteiger partial charge in [-0.3, -0.25) is 0 Å². The van der Waals surface area contributed by atoms with Crippen molar-refractivity contribution in [3.8, 4) is 0 Å². The van der Waals surface area contributed by atoms with Crippen LogP contribution in [0.25, 0.3) is 0 Å². The highest BCUT2D eigenvalue weighted by atomic mass is 79.9. The van der Waals surface area contributed by atoms with Crippen LogP contribution in [0.15, 0.2) is 16.6 Å². The molecule has 1 aromatic carbocycles. The predicted molar refractivity (Wildman–Crippen MR) is 92.5 cm³/mol. The van der Waals surface area contributed by atoms with Gasteiger partial charge in [0.15, 0.2) is 0 Å². The van der Waals surface area contributed by atoms with E-state index in [2.05, 4.69) is 40.3 Å². The van der Waals surface area contributed by atoms with Crippen molar-refractivity contribution in [2.45, 2.75) is 64.1 Å². The van der Waals surface area contributed by atoms with Crippen LogP contribution in [0.2, 0.25) is 0 Å². The van der Waals surface area contributed by atoms with Gasteiger partial charge in [-0.1, -0.05) is 22.0 Å². The number of aryl methyl sites for hydroxylation is 1. The Bertz CT molecular complexity index is 548. The minimum absolute atomic E-state index is 0.131. The molecule has 3 heteroatoms. The van der Waals surface area contributed by atoms with Crippen molar-refractivity contribution in [2.75, 3.05) is 0 Å². The van der Waals surface area contributed by atoms with Gasteiger partial charge in [-0.2, -0.15) is 0 Å². The molecule has 0 atom stereocenters. The summed E-state index contributed by atoms with van der Waals surface area (Å²) < 4.78 is 1.15. The number of aliphatic hydroxyl groups excluding tert-OH is 1. The van der Waals surface area contributed by atoms with Gasteiger partial charge < -0.3 is 10.4 Å². The Morgan fingerprint density at radius 1 is 1.09 bits per heavy atom. The highest BCUT2D eigenvalue weighted by Crippen LogP contribution is 2.55. The monoisotopic (exact) mass is 363 g/mol. The molecule has 0 amide bonds. The molecule has 0 aromatic heterocycles. The molecule has 2 nitrogen and oxygen atoms in total. The molecular formula is C19H26BrNO. The van der Waals surface area contributed by atoms with E-state index in [-0.39, 0.29) is 6.61 Å². The van der Waals surface area contributed by atoms with E-state index in [1.165, 1.54) is 49.7 Å². The zero-order valence-corrected chi connectivity index (χ0v) is 15.0. The number of halogens is 1. The Kier molecular flexibility index (Phi) is 3.87. The molecule has 0 aliphatic heterocycles. The quantitative estimate of drug-likeness (QED) is 0.835. The number of hydrogen-bond acceptors (Lipinski definition) is 2. The second-order valence-electron chi connectivity index (χ2n) is 8.08. The van der Waals surface area contributed by atoms with Crippen LogP contribution in [-0.4, -0.2) is 10.6 Å². The summed E-state index contributed by atoms with van der Waals surface area (Å²) in [5.41, 5.74) is 3.90. The maximum atomic E-state index is 9.65. The minimum Gasteiger partial charge on any atom is -0.392 e. The Balaban J connectivity index is 1.52. The van der Waals surface area contributed by atoms with E-state index < -0.39 is 0 Å². The number of benzene rings is 1. The van der Waals surface area contributed by atoms with Crippen molar-refractivity contribution in [3.05, 3.63) is 33.3 Å². The van der Waals surface area contributed by atoms with Gasteiger partial charge in [-0.05, 0) is 86.0 Å². The SMILES string of the molecule is Cc1cc(CO)c(CNC23CC4CC(CC(C4)C2)C3)cc1Br. The fourth-order valence-electron chi connectivity index (χ4n) is 5.70. The lowest BCUT2D eigenvalue weighted by molar-refractivity contribution is -0.0206. The van der Waals surface area contributed by atoms with Crippen molar-refractivity contribution in [3.63, 3.8) is 0 Å². The zero-order valence-electron chi connectivity index (χ0n) is 13.4. The molecule has 5 rings (SSSR count). The summed E-state index contributed by atoms with van der Waals surface area (Å²) in [5.74, 6) is 2.92. The summed E-state index contributed by atoms with van der Waals surface area (Å²) in [6, 6.07) is 4.30. The highest BCUT2D eigenvalue weighted by Gasteiger charge is 2.50. The maximum absolute atomic E-state index is 9.65. The first-order chi connectivity index (χ1) is 10.6. The molecular weight excluding hydrogens is 338 g/mol. The molecule has 120 valence electrons. The van der Waals surface area contributed by atoms with Crippen LogP contribution >= 0.6 is 15.9 Å². The van der Waals surface area contributed by atoms with Crippen LogP contribution in [0.4, 0.5) is 0 Å². The second kappa shape index (κ2) is 5.61. The van der Waals surface area contributed by atoms with Gasteiger partial charge in [0.1, 0.15) is 0 Å². The molecule has 0 unspecified atom stereocenters. The Morgan fingerprint density at radius 3 is 2.23 bits per heavy atom. The molecule has 1 aromatic rings. The molecule has 4 aliphatic carbocycles. The number of rotatable bonds is 4. The van der Waals surface area contributed by atoms with E-state index in [4.69, 9.17) is 0 Å². The zero-order chi connectivity index (χ0) is 15.3. The van der Waals surface area contributed by atoms with Gasteiger partial charge in [-0.15, -0.1) is 0 Å². The van der Waals surface area contributed by atoms with Crippen molar-refractivity contribution in [1.82, 2.24) is 5.32 Å². The van der Waals surface area contributed by atoms with Crippen LogP contribution in [0.5, 0.6) is 0 Å². The minimum atomic E-state index is 0.131. The van der Waals surface area contributed by atoms with Gasteiger partial charge in [0.2, 0.25) is 0 Å². The average molecular weight is 364 g/mol. The van der Waals surface area contributed by atoms with Gasteiger partial charge >= 0.3 is 0 Å². The Labute approximate surface area is 141 Å². The van der Waals surface area contributed by atoms with Crippen molar-refractivity contribution >= 4 is 15.9 Å². The van der Waals surface area contributed by atoms with Crippen LogP contribution in [0, 0.1) is 24.7 Å². The van der Waals surface area contributed by atoms with E-state index in [1.807, 2.05) is 0 Å². The standard InChI is InChI=1S/C19H26BrNO/c1-12-2-17(11-22)16(6-18(12)20)10-21-19-7-13-3-14(8-19)5-15(4-13)9-19/h2,6,13-15,21-22H,3-5,7-11H2,1H3. The Morgan fingerprint density at radius 2 is 1.68 bits per heavy atom. The molecule has 0 heterocycles. The molecule has 4 aliphatic rings. The lowest BCUT2D eigenvalue weighted by Gasteiger charge is -2.57. The number of hydrogen-bond donors (Lipinski definition) is 2. The van der Waals surface area contributed by atoms with E-state index in [1.54, 1.807) is 0 Å². The van der Waals surface area contributed by atoms with Crippen molar-refractivity contribution in [2.24, 2.45) is 17.8 Å². The molecule has 4 bridgehead atoms. The first-order valence-corrected chi connectivity index (χ1v) is 9.50. The maximum Gasteiger partial charge on any atom is 0.0685 e. The number of nitrogens with one attached hydrogen (secondary N) is 1. The van der Waals surface area contributed by atoms with Crippen LogP contribution in [0.3, 0.4) is 0 Å². The lowest BCUT2D eigenvalue weighted by Crippen LogP contribution is -2.58. The first kappa shape index (κ1) is 15.2. The molecule has 2 N–H and O–H groups in total.